The lowest BCUT2D eigenvalue weighted by Crippen LogP contribution is -2.09. The Labute approximate surface area is 94.8 Å². The number of hydrogen-bond donors (Lipinski definition) is 0. The maximum atomic E-state index is 4.18. The monoisotopic (exact) mass is 258 g/mol. The van der Waals surface area contributed by atoms with E-state index in [4.69, 9.17) is 0 Å². The molecule has 0 N–H and O–H groups in total. The Kier molecular flexibility index (Phi) is 4.66. The lowest BCUT2D eigenvalue weighted by molar-refractivity contribution is 0.445. The number of nitrogens with zero attached hydrogens (tertiary/aromatic N) is 2. The van der Waals surface area contributed by atoms with E-state index in [9.17, 15) is 0 Å². The van der Waals surface area contributed by atoms with Gasteiger partial charge in [-0.25, -0.2) is 0 Å². The summed E-state index contributed by atoms with van der Waals surface area (Å²) in [6.45, 7) is 4.55. The van der Waals surface area contributed by atoms with Crippen molar-refractivity contribution in [1.29, 1.82) is 0 Å². The maximum absolute atomic E-state index is 4.18. The van der Waals surface area contributed by atoms with Crippen molar-refractivity contribution in [1.82, 2.24) is 9.78 Å². The van der Waals surface area contributed by atoms with Crippen LogP contribution in [-0.2, 0) is 13.5 Å². The van der Waals surface area contributed by atoms with Gasteiger partial charge in [0.2, 0.25) is 0 Å². The molecule has 2 nitrogen and oxygen atoms in total. The average molecular weight is 259 g/mol. The standard InChI is InChI=1S/C11H19BrN2/c1-9(2)4-10(6-12)5-11-7-13-14(3)8-11/h7-10H,4-6H2,1-3H3. The van der Waals surface area contributed by atoms with Gasteiger partial charge in [-0.15, -0.1) is 0 Å². The van der Waals surface area contributed by atoms with Crippen molar-refractivity contribution in [3.05, 3.63) is 18.0 Å². The molecular formula is C11H19BrN2. The molecule has 0 aliphatic rings. The van der Waals surface area contributed by atoms with Crippen molar-refractivity contribution in [2.24, 2.45) is 18.9 Å². The summed E-state index contributed by atoms with van der Waals surface area (Å²) in [5, 5.41) is 5.27. The third kappa shape index (κ3) is 3.82. The topological polar surface area (TPSA) is 17.8 Å². The first kappa shape index (κ1) is 11.8. The first-order valence-electron chi connectivity index (χ1n) is 5.15. The Morgan fingerprint density at radius 2 is 2.21 bits per heavy atom. The fourth-order valence-electron chi connectivity index (χ4n) is 1.78. The fourth-order valence-corrected chi connectivity index (χ4v) is 2.27. The molecule has 1 aromatic rings. The smallest absolute Gasteiger partial charge is 0.0521 e. The molecule has 0 saturated carbocycles. The quantitative estimate of drug-likeness (QED) is 0.743. The van der Waals surface area contributed by atoms with Crippen LogP contribution >= 0.6 is 15.9 Å². The van der Waals surface area contributed by atoms with Crippen LogP contribution in [0.15, 0.2) is 12.4 Å². The SMILES string of the molecule is CC(C)CC(CBr)Cc1cnn(C)c1. The zero-order chi connectivity index (χ0) is 10.6. The molecule has 0 aromatic carbocycles. The van der Waals surface area contributed by atoms with Gasteiger partial charge in [-0.05, 0) is 30.2 Å². The summed E-state index contributed by atoms with van der Waals surface area (Å²) in [5.74, 6) is 1.51. The second-order valence-corrected chi connectivity index (χ2v) is 5.02. The molecule has 1 unspecified atom stereocenters. The molecule has 0 radical (unpaired) electrons. The number of rotatable bonds is 5. The predicted molar refractivity (Wildman–Crippen MR) is 63.7 cm³/mol. The van der Waals surface area contributed by atoms with Crippen LogP contribution in [0.3, 0.4) is 0 Å². The summed E-state index contributed by atoms with van der Waals surface area (Å²) in [7, 11) is 1.97. The number of halogens is 1. The van der Waals surface area contributed by atoms with Gasteiger partial charge in [0.1, 0.15) is 0 Å². The van der Waals surface area contributed by atoms with Gasteiger partial charge >= 0.3 is 0 Å². The summed E-state index contributed by atoms with van der Waals surface area (Å²) in [4.78, 5) is 0. The Morgan fingerprint density at radius 1 is 1.50 bits per heavy atom. The third-order valence-electron chi connectivity index (χ3n) is 2.31. The number of aryl methyl sites for hydroxylation is 1. The highest BCUT2D eigenvalue weighted by Gasteiger charge is 2.11. The Balaban J connectivity index is 2.48. The van der Waals surface area contributed by atoms with E-state index in [1.54, 1.807) is 0 Å². The van der Waals surface area contributed by atoms with Gasteiger partial charge in [-0.3, -0.25) is 4.68 Å². The summed E-state index contributed by atoms with van der Waals surface area (Å²) in [6.07, 6.45) is 6.49. The van der Waals surface area contributed by atoms with E-state index in [0.717, 1.165) is 23.6 Å². The zero-order valence-corrected chi connectivity index (χ0v) is 10.8. The maximum Gasteiger partial charge on any atom is 0.0521 e. The molecule has 0 bridgehead atoms. The van der Waals surface area contributed by atoms with Crippen LogP contribution in [-0.4, -0.2) is 15.1 Å². The first-order chi connectivity index (χ1) is 6.61. The van der Waals surface area contributed by atoms with Gasteiger partial charge in [0.05, 0.1) is 6.20 Å². The fraction of sp³-hybridized carbons (Fsp3) is 0.727. The molecule has 0 amide bonds. The van der Waals surface area contributed by atoms with E-state index in [0.29, 0.717) is 0 Å². The van der Waals surface area contributed by atoms with E-state index in [1.807, 2.05) is 17.9 Å². The summed E-state index contributed by atoms with van der Waals surface area (Å²) in [6, 6.07) is 0. The Morgan fingerprint density at radius 3 is 2.64 bits per heavy atom. The first-order valence-corrected chi connectivity index (χ1v) is 6.27. The Hall–Kier alpha value is -0.310. The Bertz CT molecular complexity index is 268. The summed E-state index contributed by atoms with van der Waals surface area (Å²) < 4.78 is 1.87. The van der Waals surface area contributed by atoms with Gasteiger partial charge in [0, 0.05) is 18.6 Å². The lowest BCUT2D eigenvalue weighted by atomic mass is 9.94. The van der Waals surface area contributed by atoms with Crippen molar-refractivity contribution in [2.45, 2.75) is 26.7 Å². The molecule has 0 saturated heterocycles. The van der Waals surface area contributed by atoms with E-state index in [-0.39, 0.29) is 0 Å². The number of alkyl halides is 1. The average Bonchev–Trinajstić information content (AvgIpc) is 2.49. The molecule has 14 heavy (non-hydrogen) atoms. The van der Waals surface area contributed by atoms with Crippen LogP contribution < -0.4 is 0 Å². The molecule has 0 spiro atoms. The second-order valence-electron chi connectivity index (χ2n) is 4.38. The van der Waals surface area contributed by atoms with Crippen molar-refractivity contribution in [3.8, 4) is 0 Å². The normalized spacial score (nSPS) is 13.5. The largest absolute Gasteiger partial charge is 0.276 e. The van der Waals surface area contributed by atoms with Gasteiger partial charge in [-0.1, -0.05) is 29.8 Å². The minimum Gasteiger partial charge on any atom is -0.276 e. The van der Waals surface area contributed by atoms with Crippen LogP contribution in [0.4, 0.5) is 0 Å². The van der Waals surface area contributed by atoms with Crippen LogP contribution in [0.1, 0.15) is 25.8 Å². The van der Waals surface area contributed by atoms with Crippen molar-refractivity contribution in [3.63, 3.8) is 0 Å². The number of hydrogen-bond acceptors (Lipinski definition) is 1. The molecule has 1 atom stereocenters. The van der Waals surface area contributed by atoms with E-state index >= 15 is 0 Å². The van der Waals surface area contributed by atoms with Crippen molar-refractivity contribution < 1.29 is 0 Å². The second kappa shape index (κ2) is 5.54. The van der Waals surface area contributed by atoms with E-state index in [1.165, 1.54) is 12.0 Å². The number of aromatic nitrogens is 2. The van der Waals surface area contributed by atoms with Crippen LogP contribution in [0.25, 0.3) is 0 Å². The molecule has 80 valence electrons. The van der Waals surface area contributed by atoms with Gasteiger partial charge < -0.3 is 0 Å². The minimum atomic E-state index is 0.735. The zero-order valence-electron chi connectivity index (χ0n) is 9.20. The molecule has 1 rings (SSSR count). The predicted octanol–water partition coefficient (Wildman–Crippen LogP) is 3.02. The summed E-state index contributed by atoms with van der Waals surface area (Å²) >= 11 is 3.58. The van der Waals surface area contributed by atoms with E-state index < -0.39 is 0 Å². The van der Waals surface area contributed by atoms with Crippen LogP contribution in [0.5, 0.6) is 0 Å². The molecule has 0 aliphatic heterocycles. The molecule has 1 aromatic heterocycles. The molecule has 0 fully saturated rings. The molecule has 3 heteroatoms. The lowest BCUT2D eigenvalue weighted by Gasteiger charge is -2.14. The highest BCUT2D eigenvalue weighted by atomic mass is 79.9. The van der Waals surface area contributed by atoms with Crippen LogP contribution in [0.2, 0.25) is 0 Å². The molecule has 0 aliphatic carbocycles. The molecule has 1 heterocycles. The van der Waals surface area contributed by atoms with Gasteiger partial charge in [0.15, 0.2) is 0 Å². The minimum absolute atomic E-state index is 0.735. The van der Waals surface area contributed by atoms with Gasteiger partial charge in [-0.2, -0.15) is 5.10 Å². The third-order valence-corrected chi connectivity index (χ3v) is 3.22. The van der Waals surface area contributed by atoms with Crippen molar-refractivity contribution in [2.75, 3.05) is 5.33 Å². The van der Waals surface area contributed by atoms with E-state index in [2.05, 4.69) is 41.1 Å². The summed E-state index contributed by atoms with van der Waals surface area (Å²) in [5.41, 5.74) is 1.35. The van der Waals surface area contributed by atoms with Crippen molar-refractivity contribution >= 4 is 15.9 Å². The highest BCUT2D eigenvalue weighted by molar-refractivity contribution is 9.09. The highest BCUT2D eigenvalue weighted by Crippen LogP contribution is 2.18. The van der Waals surface area contributed by atoms with Gasteiger partial charge in [0.25, 0.3) is 0 Å². The molecular weight excluding hydrogens is 240 g/mol. The van der Waals surface area contributed by atoms with Crippen LogP contribution in [0, 0.1) is 11.8 Å².